The van der Waals surface area contributed by atoms with Gasteiger partial charge in [-0.15, -0.1) is 0 Å². The molecule has 1 aromatic rings. The fraction of sp³-hybridized carbons (Fsp3) is 0.222. The normalized spacial score (nSPS) is 9.29. The topological polar surface area (TPSA) is 76.4 Å². The summed E-state index contributed by atoms with van der Waals surface area (Å²) in [6.45, 7) is 0.156. The van der Waals surface area contributed by atoms with E-state index in [-0.39, 0.29) is 12.5 Å². The average Bonchev–Trinajstić information content (AvgIpc) is 2.26. The van der Waals surface area contributed by atoms with Crippen LogP contribution in [-0.4, -0.2) is 19.6 Å². The maximum atomic E-state index is 10.8. The Hall–Kier alpha value is -1.75. The van der Waals surface area contributed by atoms with Crippen molar-refractivity contribution in [1.82, 2.24) is 5.43 Å². The Morgan fingerprint density at radius 3 is 2.57 bits per heavy atom. The van der Waals surface area contributed by atoms with Gasteiger partial charge in [-0.05, 0) is 24.3 Å². The summed E-state index contributed by atoms with van der Waals surface area (Å²) in [6.07, 6.45) is 0. The summed E-state index contributed by atoms with van der Waals surface area (Å²) < 4.78 is 4.99. The van der Waals surface area contributed by atoms with Gasteiger partial charge in [-0.25, -0.2) is 5.84 Å². The number of anilines is 1. The predicted octanol–water partition coefficient (Wildman–Crippen LogP) is 0.0970. The molecule has 0 fully saturated rings. The number of carbonyl (C=O) groups excluding carboxylic acids is 1. The zero-order chi connectivity index (χ0) is 10.4. The van der Waals surface area contributed by atoms with Crippen molar-refractivity contribution in [3.8, 4) is 5.75 Å². The largest absolute Gasteiger partial charge is 0.497 e. The molecule has 0 spiro atoms. The summed E-state index contributed by atoms with van der Waals surface area (Å²) in [5, 5.41) is 2.90. The van der Waals surface area contributed by atoms with Crippen molar-refractivity contribution in [2.45, 2.75) is 0 Å². The lowest BCUT2D eigenvalue weighted by molar-refractivity contribution is -0.119. The molecule has 0 atom stereocenters. The van der Waals surface area contributed by atoms with E-state index in [1.54, 1.807) is 7.11 Å². The highest BCUT2D eigenvalue weighted by atomic mass is 16.5. The minimum absolute atomic E-state index is 0.156. The number of hydrogen-bond donors (Lipinski definition) is 3. The van der Waals surface area contributed by atoms with Gasteiger partial charge in [0.2, 0.25) is 0 Å². The van der Waals surface area contributed by atoms with Crippen molar-refractivity contribution >= 4 is 11.6 Å². The van der Waals surface area contributed by atoms with Crippen LogP contribution in [0.25, 0.3) is 0 Å². The van der Waals surface area contributed by atoms with E-state index in [4.69, 9.17) is 10.6 Å². The van der Waals surface area contributed by atoms with Gasteiger partial charge >= 0.3 is 0 Å². The number of benzene rings is 1. The fourth-order valence-electron chi connectivity index (χ4n) is 0.942. The molecule has 76 valence electrons. The smallest absolute Gasteiger partial charge is 0.253 e. The molecule has 5 heteroatoms. The highest BCUT2D eigenvalue weighted by Crippen LogP contribution is 2.14. The Kier molecular flexibility index (Phi) is 3.75. The summed E-state index contributed by atoms with van der Waals surface area (Å²) in [5.74, 6) is 5.44. The Labute approximate surface area is 82.2 Å². The van der Waals surface area contributed by atoms with Gasteiger partial charge in [0, 0.05) is 5.69 Å². The minimum Gasteiger partial charge on any atom is -0.497 e. The van der Waals surface area contributed by atoms with Crippen molar-refractivity contribution in [2.24, 2.45) is 5.84 Å². The van der Waals surface area contributed by atoms with Gasteiger partial charge < -0.3 is 10.1 Å². The van der Waals surface area contributed by atoms with Gasteiger partial charge in [0.15, 0.2) is 0 Å². The molecule has 0 heterocycles. The van der Waals surface area contributed by atoms with Crippen molar-refractivity contribution in [1.29, 1.82) is 0 Å². The van der Waals surface area contributed by atoms with Crippen LogP contribution in [0.5, 0.6) is 5.75 Å². The molecule has 0 bridgehead atoms. The van der Waals surface area contributed by atoms with Crippen LogP contribution in [0.4, 0.5) is 5.69 Å². The number of nitrogens with one attached hydrogen (secondary N) is 2. The average molecular weight is 195 g/mol. The molecule has 0 aliphatic heterocycles. The third kappa shape index (κ3) is 2.95. The zero-order valence-corrected chi connectivity index (χ0v) is 7.91. The van der Waals surface area contributed by atoms with E-state index >= 15 is 0 Å². The van der Waals surface area contributed by atoms with Crippen LogP contribution < -0.4 is 21.3 Å². The fourth-order valence-corrected chi connectivity index (χ4v) is 0.942. The molecular formula is C9H13N3O2. The maximum absolute atomic E-state index is 10.8. The van der Waals surface area contributed by atoms with Gasteiger partial charge in [0.05, 0.1) is 13.7 Å². The first-order valence-electron chi connectivity index (χ1n) is 4.13. The first kappa shape index (κ1) is 10.3. The molecule has 1 amide bonds. The van der Waals surface area contributed by atoms with E-state index in [9.17, 15) is 4.79 Å². The molecule has 0 saturated carbocycles. The highest BCUT2D eigenvalue weighted by molar-refractivity contribution is 5.80. The van der Waals surface area contributed by atoms with Gasteiger partial charge in [-0.3, -0.25) is 10.2 Å². The molecule has 1 aromatic carbocycles. The second-order valence-corrected chi connectivity index (χ2v) is 2.65. The standard InChI is InChI=1S/C9H13N3O2/c1-14-8-4-2-7(3-5-8)11-6-9(13)12-10/h2-5,11H,6,10H2,1H3,(H,12,13). The molecule has 4 N–H and O–H groups in total. The van der Waals surface area contributed by atoms with E-state index in [1.807, 2.05) is 29.7 Å². The molecular weight excluding hydrogens is 182 g/mol. The highest BCUT2D eigenvalue weighted by Gasteiger charge is 1.97. The maximum Gasteiger partial charge on any atom is 0.253 e. The molecule has 0 aliphatic rings. The number of carbonyl (C=O) groups is 1. The van der Waals surface area contributed by atoms with Crippen LogP contribution >= 0.6 is 0 Å². The molecule has 14 heavy (non-hydrogen) atoms. The summed E-state index contributed by atoms with van der Waals surface area (Å²) in [5.41, 5.74) is 2.87. The monoisotopic (exact) mass is 195 g/mol. The number of rotatable bonds is 4. The van der Waals surface area contributed by atoms with Gasteiger partial charge in [0.1, 0.15) is 5.75 Å². The van der Waals surface area contributed by atoms with Gasteiger partial charge in [0.25, 0.3) is 5.91 Å². The molecule has 0 radical (unpaired) electrons. The SMILES string of the molecule is COc1ccc(NCC(=O)NN)cc1. The lowest BCUT2D eigenvalue weighted by Gasteiger charge is -2.05. The van der Waals surface area contributed by atoms with E-state index in [0.29, 0.717) is 0 Å². The number of methoxy groups -OCH3 is 1. The molecule has 0 saturated heterocycles. The van der Waals surface area contributed by atoms with E-state index in [2.05, 4.69) is 5.32 Å². The number of amides is 1. The Bertz CT molecular complexity index is 297. The van der Waals surface area contributed by atoms with Crippen LogP contribution in [0, 0.1) is 0 Å². The molecule has 0 aromatic heterocycles. The first-order chi connectivity index (χ1) is 6.76. The molecule has 1 rings (SSSR count). The summed E-state index contributed by atoms with van der Waals surface area (Å²) in [4.78, 5) is 10.8. The van der Waals surface area contributed by atoms with Crippen molar-refractivity contribution < 1.29 is 9.53 Å². The van der Waals surface area contributed by atoms with E-state index in [0.717, 1.165) is 11.4 Å². The van der Waals surface area contributed by atoms with E-state index in [1.165, 1.54) is 0 Å². The van der Waals surface area contributed by atoms with Gasteiger partial charge in [-0.1, -0.05) is 0 Å². The number of hydrogen-bond acceptors (Lipinski definition) is 4. The Morgan fingerprint density at radius 1 is 1.43 bits per heavy atom. The lowest BCUT2D eigenvalue weighted by atomic mass is 10.3. The molecule has 0 aliphatic carbocycles. The Morgan fingerprint density at radius 2 is 2.07 bits per heavy atom. The predicted molar refractivity (Wildman–Crippen MR) is 53.8 cm³/mol. The second-order valence-electron chi connectivity index (χ2n) is 2.65. The molecule has 0 unspecified atom stereocenters. The molecule has 5 nitrogen and oxygen atoms in total. The van der Waals surface area contributed by atoms with Crippen LogP contribution in [0.1, 0.15) is 0 Å². The van der Waals surface area contributed by atoms with Crippen LogP contribution in [0.3, 0.4) is 0 Å². The third-order valence-electron chi connectivity index (χ3n) is 1.70. The number of nitrogens with two attached hydrogens (primary N) is 1. The summed E-state index contributed by atoms with van der Waals surface area (Å²) in [7, 11) is 1.60. The number of hydrazine groups is 1. The van der Waals surface area contributed by atoms with E-state index < -0.39 is 0 Å². The van der Waals surface area contributed by atoms with Crippen LogP contribution in [0.2, 0.25) is 0 Å². The number of ether oxygens (including phenoxy) is 1. The van der Waals surface area contributed by atoms with Crippen molar-refractivity contribution in [3.63, 3.8) is 0 Å². The van der Waals surface area contributed by atoms with Crippen LogP contribution in [0.15, 0.2) is 24.3 Å². The summed E-state index contributed by atoms with van der Waals surface area (Å²) in [6, 6.07) is 7.26. The van der Waals surface area contributed by atoms with Crippen LogP contribution in [-0.2, 0) is 4.79 Å². The zero-order valence-electron chi connectivity index (χ0n) is 7.91. The lowest BCUT2D eigenvalue weighted by Crippen LogP contribution is -2.35. The quantitative estimate of drug-likeness (QED) is 0.362. The summed E-state index contributed by atoms with van der Waals surface area (Å²) >= 11 is 0. The van der Waals surface area contributed by atoms with Crippen molar-refractivity contribution in [2.75, 3.05) is 19.0 Å². The minimum atomic E-state index is -0.263. The third-order valence-corrected chi connectivity index (χ3v) is 1.70. The Balaban J connectivity index is 2.47. The van der Waals surface area contributed by atoms with Crippen molar-refractivity contribution in [3.05, 3.63) is 24.3 Å². The van der Waals surface area contributed by atoms with Gasteiger partial charge in [-0.2, -0.15) is 0 Å². The first-order valence-corrected chi connectivity index (χ1v) is 4.13. The second kappa shape index (κ2) is 5.08.